The first-order valence-electron chi connectivity index (χ1n) is 7.25. The molecule has 3 aromatic rings. The summed E-state index contributed by atoms with van der Waals surface area (Å²) in [4.78, 5) is 16.5. The van der Waals surface area contributed by atoms with Gasteiger partial charge < -0.3 is 24.5 Å². The highest BCUT2D eigenvalue weighted by Crippen LogP contribution is 2.38. The summed E-state index contributed by atoms with van der Waals surface area (Å²) in [5.74, 6) is -1.15. The lowest BCUT2D eigenvalue weighted by Gasteiger charge is -2.14. The molecule has 136 valence electrons. The van der Waals surface area contributed by atoms with Crippen molar-refractivity contribution in [1.29, 1.82) is 0 Å². The molecule has 0 radical (unpaired) electrons. The topological polar surface area (TPSA) is 121 Å². The van der Waals surface area contributed by atoms with Crippen molar-refractivity contribution in [2.45, 2.75) is 9.79 Å². The van der Waals surface area contributed by atoms with Crippen LogP contribution in [0.1, 0.15) is 10.4 Å². The lowest BCUT2D eigenvalue weighted by atomic mass is 10.2. The van der Waals surface area contributed by atoms with Crippen LogP contribution in [0.4, 0.5) is 0 Å². The van der Waals surface area contributed by atoms with Crippen LogP contribution in [-0.4, -0.2) is 43.7 Å². The van der Waals surface area contributed by atoms with Crippen molar-refractivity contribution >= 4 is 39.1 Å². The summed E-state index contributed by atoms with van der Waals surface area (Å²) < 4.78 is 37.3. The Bertz CT molecular complexity index is 1180. The molecule has 1 heterocycles. The number of methoxy groups -OCH3 is 2. The van der Waals surface area contributed by atoms with Crippen LogP contribution in [0.3, 0.4) is 0 Å². The average molecular weight is 394 g/mol. The van der Waals surface area contributed by atoms with Gasteiger partial charge >= 0.3 is 5.97 Å². The van der Waals surface area contributed by atoms with E-state index in [0.717, 1.165) is 6.07 Å². The molecule has 0 fully saturated rings. The van der Waals surface area contributed by atoms with Crippen LogP contribution in [0.2, 0.25) is 0 Å². The first kappa shape index (κ1) is 18.0. The molecule has 10 heteroatoms. The Hall–Kier alpha value is -2.85. The molecule has 0 saturated carbocycles. The van der Waals surface area contributed by atoms with Gasteiger partial charge in [0.05, 0.1) is 30.8 Å². The molecule has 0 unspecified atom stereocenters. The fourth-order valence-electron chi connectivity index (χ4n) is 2.62. The molecule has 0 saturated heterocycles. The molecule has 26 heavy (non-hydrogen) atoms. The van der Waals surface area contributed by atoms with E-state index in [9.17, 15) is 18.3 Å². The summed E-state index contributed by atoms with van der Waals surface area (Å²) in [5, 5.41) is 9.20. The van der Waals surface area contributed by atoms with E-state index in [-0.39, 0.29) is 37.1 Å². The van der Waals surface area contributed by atoms with E-state index in [0.29, 0.717) is 5.52 Å². The summed E-state index contributed by atoms with van der Waals surface area (Å²) in [6.45, 7) is 0. The Morgan fingerprint density at radius 1 is 1.08 bits per heavy atom. The SMILES string of the molecule is COc1ccc(C(=O)O)cc1S(=O)(=O)c1c(OC)ccc2[nH]c(=S)[nH]c12. The van der Waals surface area contributed by atoms with Crippen LogP contribution in [0.5, 0.6) is 11.5 Å². The number of benzene rings is 2. The second-order valence-electron chi connectivity index (χ2n) is 5.27. The van der Waals surface area contributed by atoms with Crippen molar-refractivity contribution in [2.24, 2.45) is 0 Å². The van der Waals surface area contributed by atoms with Gasteiger partial charge in [0, 0.05) is 0 Å². The molecule has 2 aromatic carbocycles. The van der Waals surface area contributed by atoms with Gasteiger partial charge in [-0.25, -0.2) is 13.2 Å². The van der Waals surface area contributed by atoms with Crippen molar-refractivity contribution < 1.29 is 27.8 Å². The summed E-state index contributed by atoms with van der Waals surface area (Å²) in [5.41, 5.74) is 0.525. The minimum Gasteiger partial charge on any atom is -0.495 e. The van der Waals surface area contributed by atoms with Crippen molar-refractivity contribution in [3.8, 4) is 11.5 Å². The Morgan fingerprint density at radius 2 is 1.73 bits per heavy atom. The van der Waals surface area contributed by atoms with Gasteiger partial charge in [-0.05, 0) is 42.5 Å². The molecule has 0 bridgehead atoms. The van der Waals surface area contributed by atoms with E-state index in [1.165, 1.54) is 32.4 Å². The molecule has 0 spiro atoms. The third-order valence-corrected chi connectivity index (χ3v) is 5.84. The number of aromatic nitrogens is 2. The predicted molar refractivity (Wildman–Crippen MR) is 95.4 cm³/mol. The van der Waals surface area contributed by atoms with E-state index < -0.39 is 15.8 Å². The Labute approximate surface area is 153 Å². The van der Waals surface area contributed by atoms with E-state index in [2.05, 4.69) is 9.97 Å². The number of carboxylic acid groups (broad SMARTS) is 1. The van der Waals surface area contributed by atoms with Crippen molar-refractivity contribution in [3.05, 3.63) is 40.7 Å². The third kappa shape index (κ3) is 2.82. The number of H-pyrrole nitrogens is 2. The van der Waals surface area contributed by atoms with Crippen molar-refractivity contribution in [3.63, 3.8) is 0 Å². The molecule has 0 aliphatic heterocycles. The predicted octanol–water partition coefficient (Wildman–Crippen LogP) is 2.77. The molecule has 0 aliphatic carbocycles. The van der Waals surface area contributed by atoms with E-state index in [1.807, 2.05) is 0 Å². The van der Waals surface area contributed by atoms with Gasteiger partial charge in [-0.3, -0.25) is 0 Å². The zero-order valence-corrected chi connectivity index (χ0v) is 15.3. The number of aromatic amines is 2. The van der Waals surface area contributed by atoms with Gasteiger partial charge in [0.25, 0.3) is 0 Å². The lowest BCUT2D eigenvalue weighted by molar-refractivity contribution is 0.0696. The molecule has 0 aliphatic rings. The quantitative estimate of drug-likeness (QED) is 0.569. The zero-order valence-electron chi connectivity index (χ0n) is 13.7. The zero-order chi connectivity index (χ0) is 19.1. The molecular formula is C16H14N2O6S2. The second-order valence-corrected chi connectivity index (χ2v) is 7.54. The first-order chi connectivity index (χ1) is 12.3. The number of sulfone groups is 1. The van der Waals surface area contributed by atoms with Crippen LogP contribution < -0.4 is 9.47 Å². The number of fused-ring (bicyclic) bond motifs is 1. The molecule has 3 N–H and O–H groups in total. The van der Waals surface area contributed by atoms with Crippen LogP contribution in [-0.2, 0) is 9.84 Å². The van der Waals surface area contributed by atoms with E-state index in [4.69, 9.17) is 21.7 Å². The Balaban J connectivity index is 2.40. The fourth-order valence-corrected chi connectivity index (χ4v) is 4.59. The number of hydrogen-bond donors (Lipinski definition) is 3. The minimum atomic E-state index is -4.20. The minimum absolute atomic E-state index is 0.0168. The number of ether oxygens (including phenoxy) is 2. The van der Waals surface area contributed by atoms with Crippen molar-refractivity contribution in [1.82, 2.24) is 9.97 Å². The van der Waals surface area contributed by atoms with Gasteiger partial charge in [0.15, 0.2) is 4.77 Å². The number of nitrogens with one attached hydrogen (secondary N) is 2. The van der Waals surface area contributed by atoms with Gasteiger partial charge in [0.2, 0.25) is 9.84 Å². The monoisotopic (exact) mass is 394 g/mol. The van der Waals surface area contributed by atoms with Gasteiger partial charge in [-0.2, -0.15) is 0 Å². The third-order valence-electron chi connectivity index (χ3n) is 3.80. The maximum absolute atomic E-state index is 13.4. The number of imidazole rings is 1. The highest BCUT2D eigenvalue weighted by Gasteiger charge is 2.30. The number of hydrogen-bond acceptors (Lipinski definition) is 6. The number of rotatable bonds is 5. The summed E-state index contributed by atoms with van der Waals surface area (Å²) >= 11 is 5.05. The van der Waals surface area contributed by atoms with E-state index >= 15 is 0 Å². The van der Waals surface area contributed by atoms with Crippen LogP contribution in [0.25, 0.3) is 11.0 Å². The Morgan fingerprint density at radius 3 is 2.35 bits per heavy atom. The number of carbonyl (C=O) groups is 1. The van der Waals surface area contributed by atoms with Crippen LogP contribution in [0, 0.1) is 4.77 Å². The highest BCUT2D eigenvalue weighted by atomic mass is 32.2. The first-order valence-corrected chi connectivity index (χ1v) is 9.14. The molecule has 0 amide bonds. The summed E-state index contributed by atoms with van der Waals surface area (Å²) in [6, 6.07) is 6.73. The molecule has 0 atom stereocenters. The van der Waals surface area contributed by atoms with Crippen LogP contribution in [0.15, 0.2) is 40.1 Å². The van der Waals surface area contributed by atoms with Gasteiger partial charge in [0.1, 0.15) is 21.3 Å². The number of aromatic carboxylic acids is 1. The second kappa shape index (κ2) is 6.46. The lowest BCUT2D eigenvalue weighted by Crippen LogP contribution is -2.09. The molecule has 3 rings (SSSR count). The highest BCUT2D eigenvalue weighted by molar-refractivity contribution is 7.92. The fraction of sp³-hybridized carbons (Fsp3) is 0.125. The maximum Gasteiger partial charge on any atom is 0.335 e. The summed E-state index contributed by atoms with van der Waals surface area (Å²) in [7, 11) is -1.56. The normalized spacial score (nSPS) is 11.5. The Kier molecular flexibility index (Phi) is 4.46. The largest absolute Gasteiger partial charge is 0.495 e. The van der Waals surface area contributed by atoms with Crippen molar-refractivity contribution in [2.75, 3.05) is 14.2 Å². The average Bonchev–Trinajstić information content (AvgIpc) is 2.99. The maximum atomic E-state index is 13.4. The smallest absolute Gasteiger partial charge is 0.335 e. The molecular weight excluding hydrogens is 380 g/mol. The standard InChI is InChI=1S/C16H14N2O6S2/c1-23-10-5-3-8(15(19)20)7-12(10)26(21,22)14-11(24-2)6-4-9-13(14)18-16(25)17-9/h3-7H,1-2H3,(H,19,20)(H2,17,18,25). The van der Waals surface area contributed by atoms with Gasteiger partial charge in [-0.1, -0.05) is 0 Å². The van der Waals surface area contributed by atoms with Gasteiger partial charge in [-0.15, -0.1) is 0 Å². The number of carboxylic acids is 1. The molecule has 1 aromatic heterocycles. The molecule has 8 nitrogen and oxygen atoms in total. The van der Waals surface area contributed by atoms with E-state index in [1.54, 1.807) is 6.07 Å². The summed E-state index contributed by atoms with van der Waals surface area (Å²) in [6.07, 6.45) is 0. The van der Waals surface area contributed by atoms with Crippen LogP contribution >= 0.6 is 12.2 Å².